The minimum Gasteiger partial charge on any atom is -0.497 e. The van der Waals surface area contributed by atoms with E-state index in [0.717, 1.165) is 6.42 Å². The molecule has 1 aliphatic rings. The van der Waals surface area contributed by atoms with E-state index < -0.39 is 6.04 Å². The lowest BCUT2D eigenvalue weighted by Crippen LogP contribution is -2.35. The van der Waals surface area contributed by atoms with Crippen molar-refractivity contribution in [2.75, 3.05) is 14.2 Å². The number of methoxy groups -OCH3 is 1. The lowest BCUT2D eigenvalue weighted by molar-refractivity contribution is -0.132. The van der Waals surface area contributed by atoms with Gasteiger partial charge in [0.15, 0.2) is 0 Å². The molecule has 0 radical (unpaired) electrons. The van der Waals surface area contributed by atoms with Crippen molar-refractivity contribution in [3.8, 4) is 11.4 Å². The average molecular weight is 468 g/mol. The van der Waals surface area contributed by atoms with Gasteiger partial charge in [0, 0.05) is 18.5 Å². The van der Waals surface area contributed by atoms with Crippen LogP contribution in [0.25, 0.3) is 16.6 Å². The van der Waals surface area contributed by atoms with Crippen molar-refractivity contribution >= 4 is 28.4 Å². The Morgan fingerprint density at radius 1 is 1.21 bits per heavy atom. The topological polar surface area (TPSA) is 64.4 Å². The number of rotatable bonds is 7. The molecule has 1 amide bonds. The fourth-order valence-electron chi connectivity index (χ4n) is 4.63. The van der Waals surface area contributed by atoms with Gasteiger partial charge in [0.25, 0.3) is 5.56 Å². The number of nitrogens with zero attached hydrogens (tertiary/aromatic N) is 3. The van der Waals surface area contributed by atoms with Crippen LogP contribution in [0.4, 0.5) is 0 Å². The Bertz CT molecular complexity index is 1200. The number of ether oxygens (including phenoxy) is 1. The fourth-order valence-corrected chi connectivity index (χ4v) is 4.80. The van der Waals surface area contributed by atoms with Crippen LogP contribution in [-0.4, -0.2) is 34.5 Å². The van der Waals surface area contributed by atoms with Crippen LogP contribution in [0, 0.1) is 5.92 Å². The summed E-state index contributed by atoms with van der Waals surface area (Å²) in [6.45, 7) is 1.91. The highest BCUT2D eigenvalue weighted by atomic mass is 35.5. The molecule has 1 aliphatic carbocycles. The van der Waals surface area contributed by atoms with Crippen molar-refractivity contribution < 1.29 is 9.53 Å². The van der Waals surface area contributed by atoms with Crippen molar-refractivity contribution in [3.63, 3.8) is 0 Å². The SMILES string of the molecule is COc1ccc(-n2c(C(C)N(C)C(=O)CCC3CCCC3)nc3cc(Cl)ccc3c2=O)cc1. The van der Waals surface area contributed by atoms with Gasteiger partial charge >= 0.3 is 0 Å². The molecular formula is C26H30ClN3O3. The Labute approximate surface area is 199 Å². The zero-order valence-corrected chi connectivity index (χ0v) is 20.1. The Hall–Kier alpha value is -2.86. The van der Waals surface area contributed by atoms with E-state index in [1.165, 1.54) is 25.7 Å². The number of halogens is 1. The largest absolute Gasteiger partial charge is 0.497 e. The molecule has 1 fully saturated rings. The predicted octanol–water partition coefficient (Wildman–Crippen LogP) is 5.54. The van der Waals surface area contributed by atoms with Gasteiger partial charge in [-0.05, 0) is 61.7 Å². The molecule has 7 heteroatoms. The van der Waals surface area contributed by atoms with Crippen molar-refractivity contribution in [2.45, 2.75) is 51.5 Å². The van der Waals surface area contributed by atoms with Crippen LogP contribution in [-0.2, 0) is 4.79 Å². The summed E-state index contributed by atoms with van der Waals surface area (Å²) in [5.41, 5.74) is 0.986. The third-order valence-corrected chi connectivity index (χ3v) is 7.01. The second-order valence-corrected chi connectivity index (χ2v) is 9.28. The average Bonchev–Trinajstić information content (AvgIpc) is 3.35. The summed E-state index contributed by atoms with van der Waals surface area (Å²) in [4.78, 5) is 33.1. The van der Waals surface area contributed by atoms with E-state index in [4.69, 9.17) is 21.3 Å². The number of carbonyl (C=O) groups excluding carboxylic acids is 1. The normalized spacial score (nSPS) is 15.0. The molecule has 1 aromatic heterocycles. The molecule has 3 aromatic rings. The number of fused-ring (bicyclic) bond motifs is 1. The van der Waals surface area contributed by atoms with E-state index in [0.29, 0.717) is 45.5 Å². The van der Waals surface area contributed by atoms with Crippen LogP contribution >= 0.6 is 11.6 Å². The predicted molar refractivity (Wildman–Crippen MR) is 131 cm³/mol. The first-order valence-electron chi connectivity index (χ1n) is 11.5. The molecule has 33 heavy (non-hydrogen) atoms. The third kappa shape index (κ3) is 4.91. The molecule has 4 rings (SSSR count). The van der Waals surface area contributed by atoms with E-state index in [1.807, 2.05) is 19.1 Å². The van der Waals surface area contributed by atoms with Crippen LogP contribution < -0.4 is 10.3 Å². The van der Waals surface area contributed by atoms with E-state index in [9.17, 15) is 9.59 Å². The molecule has 1 heterocycles. The summed E-state index contributed by atoms with van der Waals surface area (Å²) < 4.78 is 6.85. The molecule has 1 saturated carbocycles. The zero-order valence-electron chi connectivity index (χ0n) is 19.4. The third-order valence-electron chi connectivity index (χ3n) is 6.78. The Balaban J connectivity index is 1.73. The van der Waals surface area contributed by atoms with Crippen molar-refractivity contribution in [2.24, 2.45) is 5.92 Å². The standard InChI is InChI=1S/C26H30ClN3O3/c1-17(29(2)24(31)15-8-18-6-4-5-7-18)25-28-23-16-19(27)9-14-22(23)26(32)30(25)20-10-12-21(33-3)13-11-20/h9-14,16-18H,4-8,15H2,1-3H3. The molecular weight excluding hydrogens is 438 g/mol. The monoisotopic (exact) mass is 467 g/mol. The lowest BCUT2D eigenvalue weighted by atomic mass is 10.0. The fraction of sp³-hybridized carbons (Fsp3) is 0.423. The Kier molecular flexibility index (Phi) is 7.03. The van der Waals surface area contributed by atoms with Gasteiger partial charge in [0.2, 0.25) is 5.91 Å². The maximum absolute atomic E-state index is 13.6. The molecule has 0 spiro atoms. The number of aromatic nitrogens is 2. The first kappa shape index (κ1) is 23.3. The Morgan fingerprint density at radius 2 is 1.91 bits per heavy atom. The van der Waals surface area contributed by atoms with Gasteiger partial charge in [0.05, 0.1) is 29.7 Å². The maximum atomic E-state index is 13.6. The quantitative estimate of drug-likeness (QED) is 0.457. The molecule has 0 saturated heterocycles. The van der Waals surface area contributed by atoms with Gasteiger partial charge in [-0.2, -0.15) is 0 Å². The molecule has 1 atom stereocenters. The number of carbonyl (C=O) groups is 1. The Morgan fingerprint density at radius 3 is 2.58 bits per heavy atom. The van der Waals surface area contributed by atoms with Gasteiger partial charge in [0.1, 0.15) is 11.6 Å². The minimum absolute atomic E-state index is 0.0659. The van der Waals surface area contributed by atoms with Crippen LogP contribution in [0.15, 0.2) is 47.3 Å². The van der Waals surface area contributed by atoms with E-state index in [2.05, 4.69) is 0 Å². The highest BCUT2D eigenvalue weighted by Crippen LogP contribution is 2.30. The highest BCUT2D eigenvalue weighted by Gasteiger charge is 2.25. The lowest BCUT2D eigenvalue weighted by Gasteiger charge is -2.27. The molecule has 174 valence electrons. The van der Waals surface area contributed by atoms with Crippen molar-refractivity contribution in [3.05, 3.63) is 63.7 Å². The molecule has 2 aromatic carbocycles. The second-order valence-electron chi connectivity index (χ2n) is 8.84. The summed E-state index contributed by atoms with van der Waals surface area (Å²) in [7, 11) is 3.39. The van der Waals surface area contributed by atoms with Gasteiger partial charge in [-0.25, -0.2) is 4.98 Å². The van der Waals surface area contributed by atoms with Gasteiger partial charge in [-0.1, -0.05) is 37.3 Å². The second kappa shape index (κ2) is 9.96. The van der Waals surface area contributed by atoms with Crippen LogP contribution in [0.2, 0.25) is 5.02 Å². The van der Waals surface area contributed by atoms with Crippen molar-refractivity contribution in [1.29, 1.82) is 0 Å². The first-order valence-corrected chi connectivity index (χ1v) is 11.9. The number of amides is 1. The number of benzene rings is 2. The van der Waals surface area contributed by atoms with Crippen LogP contribution in [0.3, 0.4) is 0 Å². The molecule has 0 N–H and O–H groups in total. The van der Waals surface area contributed by atoms with Gasteiger partial charge in [-0.15, -0.1) is 0 Å². The highest BCUT2D eigenvalue weighted by molar-refractivity contribution is 6.31. The van der Waals surface area contributed by atoms with Gasteiger partial charge < -0.3 is 9.64 Å². The summed E-state index contributed by atoms with van der Waals surface area (Å²) in [5.74, 6) is 1.91. The molecule has 0 bridgehead atoms. The molecule has 0 aliphatic heterocycles. The smallest absolute Gasteiger partial charge is 0.266 e. The van der Waals surface area contributed by atoms with Crippen LogP contribution in [0.5, 0.6) is 5.75 Å². The summed E-state index contributed by atoms with van der Waals surface area (Å²) in [5, 5.41) is 0.984. The molecule has 1 unspecified atom stereocenters. The van der Waals surface area contributed by atoms with Crippen LogP contribution in [0.1, 0.15) is 57.3 Å². The summed E-state index contributed by atoms with van der Waals surface area (Å²) in [6.07, 6.45) is 6.40. The van der Waals surface area contributed by atoms with Crippen molar-refractivity contribution in [1.82, 2.24) is 14.5 Å². The van der Waals surface area contributed by atoms with E-state index >= 15 is 0 Å². The molecule has 6 nitrogen and oxygen atoms in total. The minimum atomic E-state index is -0.403. The summed E-state index contributed by atoms with van der Waals surface area (Å²) >= 11 is 6.18. The summed E-state index contributed by atoms with van der Waals surface area (Å²) in [6, 6.07) is 11.9. The zero-order chi connectivity index (χ0) is 23.5. The van der Waals surface area contributed by atoms with E-state index in [1.54, 1.807) is 54.0 Å². The number of hydrogen-bond acceptors (Lipinski definition) is 4. The van der Waals surface area contributed by atoms with Gasteiger partial charge in [-0.3, -0.25) is 14.2 Å². The first-order chi connectivity index (χ1) is 15.9. The van der Waals surface area contributed by atoms with E-state index in [-0.39, 0.29) is 11.5 Å². The maximum Gasteiger partial charge on any atom is 0.266 e. The number of hydrogen-bond donors (Lipinski definition) is 0.